The van der Waals surface area contributed by atoms with E-state index in [0.717, 1.165) is 53.3 Å². The van der Waals surface area contributed by atoms with Gasteiger partial charge in [0.15, 0.2) is 4.34 Å². The van der Waals surface area contributed by atoms with E-state index in [1.807, 2.05) is 19.1 Å². The molecule has 1 aliphatic heterocycles. The maximum absolute atomic E-state index is 12.3. The van der Waals surface area contributed by atoms with E-state index in [2.05, 4.69) is 20.4 Å². The molecule has 0 radical (unpaired) electrons. The fraction of sp³-hybridized carbons (Fsp3) is 0.562. The number of carbonyl (C=O) groups excluding carboxylic acids is 1. The Kier molecular flexibility index (Phi) is 6.28. The molecule has 1 aliphatic rings. The van der Waals surface area contributed by atoms with Crippen molar-refractivity contribution in [2.45, 2.75) is 30.6 Å². The zero-order valence-corrected chi connectivity index (χ0v) is 15.4. The number of piperidine rings is 1. The number of furan rings is 1. The molecule has 0 bridgehead atoms. The van der Waals surface area contributed by atoms with Gasteiger partial charge in [-0.25, -0.2) is 0 Å². The molecule has 2 aromatic heterocycles. The normalized spacial score (nSPS) is 16.4. The number of aryl methyl sites for hydroxylation is 1. The Morgan fingerprint density at radius 3 is 2.96 bits per heavy atom. The Bertz CT molecular complexity index is 636. The van der Waals surface area contributed by atoms with Gasteiger partial charge in [-0.05, 0) is 45.0 Å². The van der Waals surface area contributed by atoms with Crippen LogP contribution in [0.4, 0.5) is 0 Å². The topological polar surface area (TPSA) is 71.3 Å². The monoisotopic (exact) mass is 366 g/mol. The van der Waals surface area contributed by atoms with E-state index in [4.69, 9.17) is 4.42 Å². The van der Waals surface area contributed by atoms with Crippen molar-refractivity contribution in [3.05, 3.63) is 29.2 Å². The Balaban J connectivity index is 1.31. The molecule has 2 aromatic rings. The van der Waals surface area contributed by atoms with Crippen LogP contribution in [0, 0.1) is 12.8 Å². The van der Waals surface area contributed by atoms with Crippen LogP contribution >= 0.6 is 23.1 Å². The van der Waals surface area contributed by atoms with E-state index < -0.39 is 0 Å². The highest BCUT2D eigenvalue weighted by molar-refractivity contribution is 8.01. The van der Waals surface area contributed by atoms with Crippen LogP contribution in [0.2, 0.25) is 0 Å². The summed E-state index contributed by atoms with van der Waals surface area (Å²) in [4.78, 5) is 14.6. The molecular weight excluding hydrogens is 344 g/mol. The first-order valence-electron chi connectivity index (χ1n) is 8.16. The Morgan fingerprint density at radius 2 is 2.29 bits per heavy atom. The summed E-state index contributed by atoms with van der Waals surface area (Å²) < 4.78 is 6.35. The summed E-state index contributed by atoms with van der Waals surface area (Å²) in [7, 11) is 0. The summed E-state index contributed by atoms with van der Waals surface area (Å²) in [5.74, 6) is 2.13. The molecule has 6 nitrogen and oxygen atoms in total. The molecule has 0 saturated carbocycles. The number of amides is 1. The second kappa shape index (κ2) is 8.64. The fourth-order valence-electron chi connectivity index (χ4n) is 2.77. The third kappa shape index (κ3) is 5.06. The minimum Gasteiger partial charge on any atom is -0.468 e. The zero-order chi connectivity index (χ0) is 16.8. The van der Waals surface area contributed by atoms with Gasteiger partial charge in [-0.3, -0.25) is 9.69 Å². The second-order valence-corrected chi connectivity index (χ2v) is 8.38. The van der Waals surface area contributed by atoms with Gasteiger partial charge in [0.25, 0.3) is 0 Å². The van der Waals surface area contributed by atoms with Crippen LogP contribution in [0.1, 0.15) is 23.6 Å². The van der Waals surface area contributed by atoms with Crippen LogP contribution in [0.3, 0.4) is 0 Å². The van der Waals surface area contributed by atoms with Crippen LogP contribution in [0.15, 0.2) is 27.2 Å². The maximum Gasteiger partial charge on any atom is 0.223 e. The number of nitrogens with zero attached hydrogens (tertiary/aromatic N) is 3. The highest BCUT2D eigenvalue weighted by atomic mass is 32.2. The van der Waals surface area contributed by atoms with Gasteiger partial charge in [-0.2, -0.15) is 0 Å². The Hall–Kier alpha value is -1.38. The molecule has 0 unspecified atom stereocenters. The molecule has 8 heteroatoms. The summed E-state index contributed by atoms with van der Waals surface area (Å²) >= 11 is 3.23. The van der Waals surface area contributed by atoms with E-state index in [0.29, 0.717) is 6.54 Å². The van der Waals surface area contributed by atoms with Gasteiger partial charge in [-0.15, -0.1) is 10.2 Å². The lowest BCUT2D eigenvalue weighted by molar-refractivity contribution is -0.126. The highest BCUT2D eigenvalue weighted by Crippen LogP contribution is 2.22. The fourth-order valence-corrected chi connectivity index (χ4v) is 4.51. The maximum atomic E-state index is 12.3. The quantitative estimate of drug-likeness (QED) is 0.600. The minimum atomic E-state index is 0.131. The van der Waals surface area contributed by atoms with Gasteiger partial charge in [0.05, 0.1) is 12.8 Å². The number of carbonyl (C=O) groups is 1. The third-order valence-corrected chi connectivity index (χ3v) is 6.03. The van der Waals surface area contributed by atoms with Crippen molar-refractivity contribution in [3.63, 3.8) is 0 Å². The summed E-state index contributed by atoms with van der Waals surface area (Å²) in [5, 5.41) is 12.1. The second-order valence-electron chi connectivity index (χ2n) is 5.86. The minimum absolute atomic E-state index is 0.131. The number of likely N-dealkylation sites (tertiary alicyclic amines) is 1. The molecular formula is C16H22N4O2S2. The highest BCUT2D eigenvalue weighted by Gasteiger charge is 2.25. The van der Waals surface area contributed by atoms with Gasteiger partial charge in [0.1, 0.15) is 10.8 Å². The average Bonchev–Trinajstić information content (AvgIpc) is 3.24. The molecule has 24 heavy (non-hydrogen) atoms. The van der Waals surface area contributed by atoms with Gasteiger partial charge in [-0.1, -0.05) is 23.1 Å². The molecule has 1 fully saturated rings. The molecule has 0 aliphatic carbocycles. The lowest BCUT2D eigenvalue weighted by Gasteiger charge is -2.30. The summed E-state index contributed by atoms with van der Waals surface area (Å²) in [5.41, 5.74) is 0. The molecule has 0 aromatic carbocycles. The Labute approximate surface area is 150 Å². The van der Waals surface area contributed by atoms with Gasteiger partial charge < -0.3 is 9.73 Å². The largest absolute Gasteiger partial charge is 0.468 e. The van der Waals surface area contributed by atoms with E-state index in [1.54, 1.807) is 29.4 Å². The van der Waals surface area contributed by atoms with Crippen molar-refractivity contribution < 1.29 is 9.21 Å². The van der Waals surface area contributed by atoms with E-state index in [1.165, 1.54) is 0 Å². The van der Waals surface area contributed by atoms with Gasteiger partial charge >= 0.3 is 0 Å². The van der Waals surface area contributed by atoms with Crippen molar-refractivity contribution in [2.24, 2.45) is 5.92 Å². The van der Waals surface area contributed by atoms with Crippen LogP contribution in [-0.2, 0) is 11.3 Å². The van der Waals surface area contributed by atoms with Crippen molar-refractivity contribution in [1.29, 1.82) is 0 Å². The van der Waals surface area contributed by atoms with Crippen molar-refractivity contribution in [2.75, 3.05) is 25.4 Å². The molecule has 1 saturated heterocycles. The third-order valence-electron chi connectivity index (χ3n) is 4.05. The molecule has 3 heterocycles. The van der Waals surface area contributed by atoms with E-state index >= 15 is 0 Å². The smallest absolute Gasteiger partial charge is 0.223 e. The van der Waals surface area contributed by atoms with Crippen LogP contribution in [0.25, 0.3) is 0 Å². The molecule has 0 atom stereocenters. The first-order chi connectivity index (χ1) is 11.7. The van der Waals surface area contributed by atoms with E-state index in [9.17, 15) is 4.79 Å². The van der Waals surface area contributed by atoms with Crippen molar-refractivity contribution in [3.8, 4) is 0 Å². The van der Waals surface area contributed by atoms with Crippen molar-refractivity contribution >= 4 is 29.0 Å². The summed E-state index contributed by atoms with van der Waals surface area (Å²) in [6, 6.07) is 3.91. The molecule has 3 rings (SSSR count). The molecule has 0 spiro atoms. The van der Waals surface area contributed by atoms with E-state index in [-0.39, 0.29) is 11.8 Å². The number of hydrogen-bond donors (Lipinski definition) is 1. The standard InChI is InChI=1S/C16H22N4O2S2/c1-12-18-19-16(24-12)23-10-6-17-15(21)13-4-7-20(8-5-13)11-14-3-2-9-22-14/h2-3,9,13H,4-8,10-11H2,1H3,(H,17,21). The summed E-state index contributed by atoms with van der Waals surface area (Å²) in [6.07, 6.45) is 3.53. The number of aromatic nitrogens is 2. The van der Waals surface area contributed by atoms with Crippen molar-refractivity contribution in [1.82, 2.24) is 20.4 Å². The van der Waals surface area contributed by atoms with Gasteiger partial charge in [0, 0.05) is 18.2 Å². The lowest BCUT2D eigenvalue weighted by atomic mass is 9.96. The molecule has 1 amide bonds. The molecule has 130 valence electrons. The number of nitrogens with one attached hydrogen (secondary N) is 1. The van der Waals surface area contributed by atoms with Crippen LogP contribution in [-0.4, -0.2) is 46.4 Å². The first kappa shape index (κ1) is 17.4. The SMILES string of the molecule is Cc1nnc(SCCNC(=O)C2CCN(Cc3ccco3)CC2)s1. The zero-order valence-electron chi connectivity index (χ0n) is 13.7. The number of rotatable bonds is 7. The van der Waals surface area contributed by atoms with Gasteiger partial charge in [0.2, 0.25) is 5.91 Å². The van der Waals surface area contributed by atoms with Crippen LogP contribution in [0.5, 0.6) is 0 Å². The Morgan fingerprint density at radius 1 is 1.46 bits per heavy atom. The van der Waals surface area contributed by atoms with Crippen LogP contribution < -0.4 is 5.32 Å². The number of thioether (sulfide) groups is 1. The first-order valence-corrected chi connectivity index (χ1v) is 9.96. The predicted octanol–water partition coefficient (Wildman–Crippen LogP) is 2.56. The predicted molar refractivity (Wildman–Crippen MR) is 95.1 cm³/mol. The average molecular weight is 367 g/mol. The lowest BCUT2D eigenvalue weighted by Crippen LogP contribution is -2.40. The number of hydrogen-bond acceptors (Lipinski definition) is 7. The summed E-state index contributed by atoms with van der Waals surface area (Å²) in [6.45, 7) is 5.34. The molecule has 1 N–H and O–H groups in total.